The molecule has 16 atom stereocenters. The molecule has 840 valence electrons. The second-order valence-corrected chi connectivity index (χ2v) is 53.1. The minimum Gasteiger partial charge on any atom is -0.387 e. The maximum absolute atomic E-state index is 13.4. The summed E-state index contributed by atoms with van der Waals surface area (Å²) in [5, 5.41) is 85.7. The molecule has 4 saturated heterocycles. The van der Waals surface area contributed by atoms with Crippen molar-refractivity contribution in [3.63, 3.8) is 0 Å². The summed E-state index contributed by atoms with van der Waals surface area (Å²) in [7, 11) is -16.8. The Morgan fingerprint density at radius 2 is 0.547 bits per heavy atom. The first-order chi connectivity index (χ1) is 68.7. The van der Waals surface area contributed by atoms with Crippen LogP contribution in [0.2, 0.25) is 0 Å². The van der Waals surface area contributed by atoms with Crippen molar-refractivity contribution in [2.45, 2.75) is 234 Å². The fourth-order valence-corrected chi connectivity index (χ4v) is 24.3. The zero-order valence-electron chi connectivity index (χ0n) is 84.4. The van der Waals surface area contributed by atoms with E-state index in [-0.39, 0.29) is 171 Å². The Morgan fingerprint density at radius 3 is 0.723 bits per heavy atom. The van der Waals surface area contributed by atoms with E-state index in [1.807, 2.05) is 0 Å². The minimum absolute atomic E-state index is 0.0304. The number of rotatable bonds is 52. The van der Waals surface area contributed by atoms with Crippen LogP contribution < -0.4 is 22.2 Å². The summed E-state index contributed by atoms with van der Waals surface area (Å²) in [6.45, 7) is 26.3. The molecular formula is C84H132N8O40P4S12. The van der Waals surface area contributed by atoms with Crippen molar-refractivity contribution >= 4 is 215 Å². The topological polar surface area (TPSA) is 666 Å². The summed E-state index contributed by atoms with van der Waals surface area (Å²) in [4.78, 5) is 149. The van der Waals surface area contributed by atoms with Crippen molar-refractivity contribution in [3.8, 4) is 0 Å². The number of aliphatic hydroxyl groups excluding tert-OH is 4. The highest BCUT2D eigenvalue weighted by Gasteiger charge is 2.58. The summed E-state index contributed by atoms with van der Waals surface area (Å²) in [6.07, 6.45) is -9.42. The molecule has 4 aromatic heterocycles. The van der Waals surface area contributed by atoms with Crippen LogP contribution in [0, 0.1) is 41.8 Å². The number of ether oxygens (including phenoxy) is 4. The molecule has 4 aromatic rings. The molecule has 8 rings (SSSR count). The van der Waals surface area contributed by atoms with E-state index in [0.717, 1.165) is 94.1 Å². The number of nitrogens with zero attached hydrogens (tertiary/aromatic N) is 4. The fourth-order valence-electron chi connectivity index (χ4n) is 12.5. The van der Waals surface area contributed by atoms with Gasteiger partial charge in [-0.15, -0.1) is 0 Å². The number of aromatic nitrogens is 8. The zero-order chi connectivity index (χ0) is 112. The second-order valence-electron chi connectivity index (χ2n) is 35.7. The average molecular weight is 2400 g/mol. The van der Waals surface area contributed by atoms with Crippen molar-refractivity contribution in [3.05, 3.63) is 110 Å². The minimum atomic E-state index is -4.25. The monoisotopic (exact) mass is 2400 g/mol. The number of thioether (sulfide) groups is 8. The van der Waals surface area contributed by atoms with E-state index in [1.165, 1.54) is 109 Å². The van der Waals surface area contributed by atoms with E-state index in [1.54, 1.807) is 83.1 Å². The summed E-state index contributed by atoms with van der Waals surface area (Å²) < 4.78 is 146. The Bertz CT molecular complexity index is 5670. The quantitative estimate of drug-likeness (QED) is 0.0111. The van der Waals surface area contributed by atoms with Gasteiger partial charge in [0.15, 0.2) is 84.9 Å². The van der Waals surface area contributed by atoms with Crippen molar-refractivity contribution in [1.82, 2.24) is 38.2 Å². The molecule has 8 heterocycles. The first kappa shape index (κ1) is 135. The van der Waals surface area contributed by atoms with Crippen molar-refractivity contribution in [2.75, 3.05) is 125 Å². The van der Waals surface area contributed by atoms with Crippen LogP contribution in [0.15, 0.2) is 68.2 Å². The third-order valence-corrected chi connectivity index (χ3v) is 35.9. The molecule has 64 heteroatoms. The van der Waals surface area contributed by atoms with Crippen LogP contribution in [0.1, 0.15) is 162 Å². The van der Waals surface area contributed by atoms with E-state index in [0.29, 0.717) is 12.8 Å². The molecule has 0 bridgehead atoms. The van der Waals surface area contributed by atoms with Crippen LogP contribution in [0.25, 0.3) is 0 Å². The Balaban J connectivity index is 0.000000347. The van der Waals surface area contributed by atoms with Crippen LogP contribution in [0.4, 0.5) is 0 Å². The smallest absolute Gasteiger partial charge is 0.387 e. The van der Waals surface area contributed by atoms with Gasteiger partial charge in [0, 0.05) is 144 Å². The number of carbonyl (C=O) groups excluding carboxylic acids is 8. The van der Waals surface area contributed by atoms with Gasteiger partial charge in [0.25, 0.3) is 22.2 Å². The number of nitrogens with one attached hydrogen (secondary N) is 4. The van der Waals surface area contributed by atoms with Crippen LogP contribution in [0.5, 0.6) is 0 Å². The third kappa shape index (κ3) is 43.4. The molecule has 148 heavy (non-hydrogen) atoms. The maximum atomic E-state index is 13.4. The van der Waals surface area contributed by atoms with Gasteiger partial charge in [0.05, 0.1) is 79.3 Å². The molecule has 0 amide bonds. The van der Waals surface area contributed by atoms with Crippen LogP contribution in [0.3, 0.4) is 0 Å². The van der Waals surface area contributed by atoms with Crippen LogP contribution in [-0.4, -0.2) is 317 Å². The number of phosphoric acid groups is 4. The van der Waals surface area contributed by atoms with Crippen LogP contribution >= 0.6 is 174 Å². The molecule has 4 fully saturated rings. The highest BCUT2D eigenvalue weighted by Crippen LogP contribution is 2.56. The van der Waals surface area contributed by atoms with E-state index < -0.39 is 187 Å². The number of phosphoric ester groups is 4. The second kappa shape index (κ2) is 62.2. The van der Waals surface area contributed by atoms with Gasteiger partial charge in [-0.3, -0.25) is 150 Å². The lowest BCUT2D eigenvalue weighted by molar-refractivity contribution is -0.118. The molecule has 4 unspecified atom stereocenters. The highest BCUT2D eigenvalue weighted by atomic mass is 32.2. The molecule has 4 aliphatic heterocycles. The fraction of sp³-hybridized carbons (Fsp3) is 0.714. The number of H-pyrrole nitrogens is 4. The summed E-state index contributed by atoms with van der Waals surface area (Å²) in [5.41, 5.74) is -10.3. The number of aliphatic hydroxyl groups is 8. The lowest BCUT2D eigenvalue weighted by Crippen LogP contribution is -2.44. The molecular weight excluding hydrogens is 2270 g/mol. The molecule has 0 aromatic carbocycles. The lowest BCUT2D eigenvalue weighted by Gasteiger charge is -2.28. The first-order valence-corrected chi connectivity index (χ1v) is 61.0. The van der Waals surface area contributed by atoms with E-state index in [9.17, 15) is 117 Å². The van der Waals surface area contributed by atoms with Crippen LogP contribution in [-0.2, 0) is 130 Å². The van der Waals surface area contributed by atoms with Crippen molar-refractivity contribution < 1.29 is 171 Å². The first-order valence-electron chi connectivity index (χ1n) is 45.6. The Labute approximate surface area is 908 Å². The largest absolute Gasteiger partial charge is 0.474 e. The van der Waals surface area contributed by atoms with E-state index >= 15 is 0 Å². The van der Waals surface area contributed by atoms with Gasteiger partial charge in [-0.1, -0.05) is 177 Å². The number of carbonyl (C=O) groups is 8. The van der Waals surface area contributed by atoms with E-state index in [4.69, 9.17) is 122 Å². The molecule has 0 spiro atoms. The normalized spacial score (nSPS) is 24.2. The average Bonchev–Trinajstić information content (AvgIpc) is 1.63. The molecule has 4 aliphatic rings. The summed E-state index contributed by atoms with van der Waals surface area (Å²) in [6, 6.07) is 4.74. The Kier molecular flexibility index (Phi) is 56.7. The Morgan fingerprint density at radius 1 is 0.358 bits per heavy atom. The molecule has 0 aliphatic carbocycles. The Hall–Kier alpha value is -3.48. The third-order valence-electron chi connectivity index (χ3n) is 20.5. The van der Waals surface area contributed by atoms with E-state index in [2.05, 4.69) is 19.9 Å². The lowest BCUT2D eigenvalue weighted by atomic mass is 9.96. The summed E-state index contributed by atoms with van der Waals surface area (Å²) in [5.74, 6) is 1.29. The van der Waals surface area contributed by atoms with Gasteiger partial charge in [-0.25, -0.2) is 18.3 Å². The maximum Gasteiger partial charge on any atom is 0.474 e. The highest BCUT2D eigenvalue weighted by molar-refractivity contribution is 8.15. The molecule has 12 N–H and O–H groups in total. The predicted octanol–water partition coefficient (Wildman–Crippen LogP) is 10.6. The molecule has 0 radical (unpaired) electrons. The van der Waals surface area contributed by atoms with Gasteiger partial charge < -0.3 is 59.8 Å². The number of hydrogen-bond donors (Lipinski definition) is 12. The SMILES string of the molecule is CC(=O)SCCOP(=O)(OCCSC(C)=O)OC[C@H]1O[C@@H](n2ccc(=O)[nH]c2=S)C(C)(O)[C@H]1O.CC(C)(C)C(=O)SCCOP(=O)(OCCSC(=O)C(C)(C)C)OC[C@H]1O[C@@H](n2ccc(=O)[nH]c2=S)C(C)(O)[C@H]1O.CC(C)C(=O)SCCOP(=O)(OCCSC(=O)C(C)C)OC[C@H]1O[C@@H](n2ccc(=O)[nH]c2=S)C(C)(O)[C@H]1O.CCC(=O)SCCOP(=O)(OCCSC(=O)CC)OC[C@H]1O[C@@H](n2ccc(=O)[nH]c2=S)C(C)(O)[C@H]1O. The van der Waals surface area contributed by atoms with Crippen molar-refractivity contribution in [2.24, 2.45) is 22.7 Å². The predicted molar refractivity (Wildman–Crippen MR) is 568 cm³/mol. The van der Waals surface area contributed by atoms with Gasteiger partial charge in [0.1, 0.15) is 71.2 Å². The van der Waals surface area contributed by atoms with Gasteiger partial charge in [-0.2, -0.15) is 0 Å². The molecule has 48 nitrogen and oxygen atoms in total. The van der Waals surface area contributed by atoms with Crippen molar-refractivity contribution in [1.29, 1.82) is 0 Å². The standard InChI is InChI=1S/C24H39N2O10PS3.C22H35N2O10PS3.C20H31N2O10PS3.C18H27N2O10PS3/c1-22(2,3)19(29)39-12-10-33-37(32,34-11-13-40-20(30)23(4,5)6)35-14-15-17(28)24(7,31)18(36-15)26-9-8-16(27)25-21(26)38;1-13(2)18(27)37-10-8-31-35(30,32-9-11-38-19(28)14(3)4)33-12-15-17(26)22(5,29)20(34-15)24-7-6-16(25)23-21(24)36;1-4-15(24)35-10-8-29-33(28,30-9-11-36-16(25)5-2)31-12-13-17(26)20(3,27)18(32-13)22-7-6-14(23)21-19(22)34;1-11(21)33-8-6-27-31(26,28-7-9-34-12(2)22)29-10-13-15(24)18(3,25)16(30-13)20-5-4-14(23)19-17(20)32/h8-9,15,17-18,28,31H,10-14H2,1-7H3,(H,25,27,38);6-7,13-15,17,20,26,29H,8-12H2,1-5H3,(H,23,25,36);6-7,13,17-18,26-27H,4-5,8-12H2,1-3H3,(H,21,23,34);4-5,13,15-16,24-25H,6-10H2,1-3H3,(H,19,23,32)/t15-,17+,18-,24?;15-,17+,20-,22?;13-,17+,18-,20?;13-,15+,16-,18?/m1111/s1. The van der Waals surface area contributed by atoms with Gasteiger partial charge in [-0.05, 0) is 76.6 Å². The summed E-state index contributed by atoms with van der Waals surface area (Å²) >= 11 is 28.6. The zero-order valence-corrected chi connectivity index (χ0v) is 97.8. The number of aromatic amines is 4. The van der Waals surface area contributed by atoms with Gasteiger partial charge in [0.2, 0.25) is 0 Å². The van der Waals surface area contributed by atoms with Gasteiger partial charge >= 0.3 is 31.3 Å². The number of hydrogen-bond acceptors (Lipinski definition) is 52. The molecule has 0 saturated carbocycles.